The van der Waals surface area contributed by atoms with E-state index >= 15 is 0 Å². The van der Waals surface area contributed by atoms with E-state index in [0.717, 1.165) is 18.8 Å². The van der Waals surface area contributed by atoms with Crippen LogP contribution in [0.4, 0.5) is 0 Å². The van der Waals surface area contributed by atoms with E-state index in [1.807, 2.05) is 6.08 Å². The Bertz CT molecular complexity index is 855. The zero-order valence-electron chi connectivity index (χ0n) is 22.1. The lowest BCUT2D eigenvalue weighted by Gasteiger charge is -2.73. The second-order valence-electron chi connectivity index (χ2n) is 14.5. The lowest BCUT2D eigenvalue weighted by atomic mass is 9.31. The van der Waals surface area contributed by atoms with Crippen molar-refractivity contribution in [3.05, 3.63) is 11.6 Å². The van der Waals surface area contributed by atoms with Crippen molar-refractivity contribution < 1.29 is 9.90 Å². The van der Waals surface area contributed by atoms with Crippen molar-refractivity contribution in [1.82, 2.24) is 0 Å². The van der Waals surface area contributed by atoms with Gasteiger partial charge in [0.25, 0.3) is 0 Å². The van der Waals surface area contributed by atoms with E-state index in [2.05, 4.69) is 55.4 Å². The number of ketones is 1. The summed E-state index contributed by atoms with van der Waals surface area (Å²) in [7, 11) is 0. The molecule has 0 amide bonds. The Morgan fingerprint density at radius 3 is 2.22 bits per heavy atom. The van der Waals surface area contributed by atoms with E-state index in [4.69, 9.17) is 0 Å². The van der Waals surface area contributed by atoms with Crippen LogP contribution >= 0.6 is 0 Å². The highest BCUT2D eigenvalue weighted by molar-refractivity contribution is 5.96. The van der Waals surface area contributed by atoms with Crippen molar-refractivity contribution in [2.45, 2.75) is 113 Å². The fraction of sp³-hybridized carbons (Fsp3) is 0.900. The molecule has 0 aromatic rings. The van der Waals surface area contributed by atoms with Crippen LogP contribution in [0.15, 0.2) is 11.6 Å². The first-order valence-corrected chi connectivity index (χ1v) is 13.6. The Morgan fingerprint density at radius 2 is 1.53 bits per heavy atom. The van der Waals surface area contributed by atoms with Gasteiger partial charge >= 0.3 is 0 Å². The molecule has 5 rings (SSSR count). The Morgan fingerprint density at radius 1 is 0.844 bits per heavy atom. The van der Waals surface area contributed by atoms with Gasteiger partial charge in [0, 0.05) is 5.41 Å². The number of rotatable bonds is 0. The van der Waals surface area contributed by atoms with E-state index in [9.17, 15) is 9.90 Å². The minimum Gasteiger partial charge on any atom is -0.393 e. The van der Waals surface area contributed by atoms with Crippen LogP contribution in [-0.2, 0) is 4.79 Å². The molecule has 10 atom stereocenters. The van der Waals surface area contributed by atoms with Gasteiger partial charge in [-0.25, -0.2) is 0 Å². The smallest absolute Gasteiger partial charge is 0.161 e. The van der Waals surface area contributed by atoms with Gasteiger partial charge in [0.1, 0.15) is 0 Å². The summed E-state index contributed by atoms with van der Waals surface area (Å²) >= 11 is 0. The number of hydrogen-bond donors (Lipinski definition) is 1. The highest BCUT2D eigenvalue weighted by Crippen LogP contribution is 2.76. The van der Waals surface area contributed by atoms with Crippen LogP contribution in [0, 0.1) is 56.7 Å². The quantitative estimate of drug-likeness (QED) is 0.432. The van der Waals surface area contributed by atoms with Crippen molar-refractivity contribution in [3.63, 3.8) is 0 Å². The molecule has 0 aromatic heterocycles. The van der Waals surface area contributed by atoms with Crippen molar-refractivity contribution >= 4 is 5.78 Å². The highest BCUT2D eigenvalue weighted by Gasteiger charge is 2.70. The summed E-state index contributed by atoms with van der Waals surface area (Å²) in [5.74, 6) is 3.41. The van der Waals surface area contributed by atoms with Gasteiger partial charge in [0.2, 0.25) is 0 Å². The average molecular weight is 441 g/mol. The zero-order chi connectivity index (χ0) is 23.5. The van der Waals surface area contributed by atoms with Gasteiger partial charge in [0.15, 0.2) is 5.78 Å². The first-order valence-electron chi connectivity index (χ1n) is 13.6. The van der Waals surface area contributed by atoms with Gasteiger partial charge in [0.05, 0.1) is 6.10 Å². The Hall–Kier alpha value is -0.630. The zero-order valence-corrected chi connectivity index (χ0v) is 22.1. The van der Waals surface area contributed by atoms with Crippen LogP contribution in [0.25, 0.3) is 0 Å². The maximum absolute atomic E-state index is 13.3. The third-order valence-corrected chi connectivity index (χ3v) is 13.4. The molecule has 5 aliphatic rings. The molecule has 0 unspecified atom stereocenters. The number of hydrogen-bond acceptors (Lipinski definition) is 2. The molecule has 5 aliphatic carbocycles. The molecule has 0 heterocycles. The van der Waals surface area contributed by atoms with Gasteiger partial charge in [-0.15, -0.1) is 0 Å². The topological polar surface area (TPSA) is 37.3 Å². The molecule has 0 aromatic carbocycles. The molecule has 0 spiro atoms. The van der Waals surface area contributed by atoms with Gasteiger partial charge < -0.3 is 5.11 Å². The molecule has 180 valence electrons. The lowest BCUT2D eigenvalue weighted by Crippen LogP contribution is -2.67. The van der Waals surface area contributed by atoms with E-state index in [1.165, 1.54) is 44.1 Å². The van der Waals surface area contributed by atoms with Crippen LogP contribution in [0.2, 0.25) is 0 Å². The summed E-state index contributed by atoms with van der Waals surface area (Å²) in [6, 6.07) is 0. The number of aliphatic hydroxyl groups excluding tert-OH is 1. The molecule has 4 fully saturated rings. The summed E-state index contributed by atoms with van der Waals surface area (Å²) in [4.78, 5) is 13.3. The first-order chi connectivity index (χ1) is 14.7. The normalized spacial score (nSPS) is 56.9. The minimum atomic E-state index is -0.162. The molecule has 32 heavy (non-hydrogen) atoms. The molecular formula is C30H48O2. The number of allylic oxidation sites excluding steroid dienone is 2. The summed E-state index contributed by atoms with van der Waals surface area (Å²) in [5.41, 5.74) is 2.13. The van der Waals surface area contributed by atoms with Crippen molar-refractivity contribution in [1.29, 1.82) is 0 Å². The maximum atomic E-state index is 13.3. The van der Waals surface area contributed by atoms with Crippen LogP contribution in [-0.4, -0.2) is 17.0 Å². The average Bonchev–Trinajstić information content (AvgIpc) is 2.71. The van der Waals surface area contributed by atoms with Crippen LogP contribution in [0.3, 0.4) is 0 Å². The molecular weight excluding hydrogens is 392 g/mol. The fourth-order valence-electron chi connectivity index (χ4n) is 11.1. The maximum Gasteiger partial charge on any atom is 0.161 e. The summed E-state index contributed by atoms with van der Waals surface area (Å²) in [5, 5.41) is 10.9. The van der Waals surface area contributed by atoms with Crippen LogP contribution in [0.5, 0.6) is 0 Å². The van der Waals surface area contributed by atoms with Crippen molar-refractivity contribution in [2.75, 3.05) is 0 Å². The van der Waals surface area contributed by atoms with E-state index in [0.29, 0.717) is 45.7 Å². The van der Waals surface area contributed by atoms with Crippen molar-refractivity contribution in [2.24, 2.45) is 56.7 Å². The Labute approximate surface area is 197 Å². The summed E-state index contributed by atoms with van der Waals surface area (Å²) in [6.07, 6.45) is 11.4. The Balaban J connectivity index is 1.56. The molecule has 0 aliphatic heterocycles. The second kappa shape index (κ2) is 6.73. The van der Waals surface area contributed by atoms with Crippen LogP contribution < -0.4 is 0 Å². The third-order valence-electron chi connectivity index (χ3n) is 13.4. The number of carbonyl (C=O) groups is 1. The third kappa shape index (κ3) is 2.55. The summed E-state index contributed by atoms with van der Waals surface area (Å²) < 4.78 is 0. The van der Waals surface area contributed by atoms with Gasteiger partial charge in [-0.1, -0.05) is 54.0 Å². The molecule has 0 radical (unpaired) electrons. The van der Waals surface area contributed by atoms with Gasteiger partial charge in [-0.2, -0.15) is 0 Å². The highest BCUT2D eigenvalue weighted by atomic mass is 16.3. The van der Waals surface area contributed by atoms with E-state index in [1.54, 1.807) is 0 Å². The number of aliphatic hydroxyl groups is 1. The van der Waals surface area contributed by atoms with E-state index < -0.39 is 0 Å². The predicted molar refractivity (Wildman–Crippen MR) is 131 cm³/mol. The Kier molecular flexibility index (Phi) is 4.87. The lowest BCUT2D eigenvalue weighted by molar-refractivity contribution is -0.248. The van der Waals surface area contributed by atoms with Crippen LogP contribution in [0.1, 0.15) is 107 Å². The SMILES string of the molecule is CC1=CC(=O)[C@]2(C)CC[C@]3(C)[C@H](CC[C@@H]4[C@@]5(C)CC[C@H](O)C(C)(C)[C@@H]5CC[C@]43C)[C@H]2[C@@H]1C. The number of fused-ring (bicyclic) bond motifs is 7. The molecule has 1 N–H and O–H groups in total. The fourth-order valence-corrected chi connectivity index (χ4v) is 11.1. The number of carbonyl (C=O) groups excluding carboxylic acids is 1. The molecule has 0 saturated heterocycles. The molecule has 4 saturated carbocycles. The van der Waals surface area contributed by atoms with E-state index in [-0.39, 0.29) is 16.9 Å². The van der Waals surface area contributed by atoms with Gasteiger partial charge in [-0.05, 0) is 116 Å². The largest absolute Gasteiger partial charge is 0.393 e. The van der Waals surface area contributed by atoms with Gasteiger partial charge in [-0.3, -0.25) is 4.79 Å². The first kappa shape index (κ1) is 23.1. The predicted octanol–water partition coefficient (Wildman–Crippen LogP) is 7.20. The minimum absolute atomic E-state index is 0.0173. The van der Waals surface area contributed by atoms with Crippen molar-refractivity contribution in [3.8, 4) is 0 Å². The second-order valence-corrected chi connectivity index (χ2v) is 14.5. The molecule has 2 nitrogen and oxygen atoms in total. The summed E-state index contributed by atoms with van der Waals surface area (Å²) in [6.45, 7) is 19.5. The molecule has 0 bridgehead atoms. The molecule has 2 heteroatoms. The monoisotopic (exact) mass is 440 g/mol. The standard InChI is InChI=1S/C30H48O2/c1-18-17-24(32)28(6)15-16-29(7)20(25(28)19(18)2)9-10-22-27(5)13-12-23(31)26(3,4)21(27)11-14-30(22,29)8/h17,19-23,25,31H,9-16H2,1-8H3/t19-,20-,21+,22-,23+,25-,27+,28+,29-,30-/m1/s1.